The van der Waals surface area contributed by atoms with Crippen LogP contribution in [0.3, 0.4) is 0 Å². The lowest BCUT2D eigenvalue weighted by molar-refractivity contribution is -0.0784. The van der Waals surface area contributed by atoms with E-state index in [2.05, 4.69) is 0 Å². The van der Waals surface area contributed by atoms with Crippen LogP contribution in [0.2, 0.25) is 0 Å². The van der Waals surface area contributed by atoms with Crippen molar-refractivity contribution >= 4 is 0 Å². The van der Waals surface area contributed by atoms with Gasteiger partial charge in [-0.15, -0.1) is 0 Å². The summed E-state index contributed by atoms with van der Waals surface area (Å²) >= 11 is 0. The SMILES string of the molecule is CC(O)C1OC(n2ccc(=O)[nH]c2=O)C(F)C1O. The molecule has 0 spiro atoms. The first kappa shape index (κ1) is 12.9. The molecule has 5 atom stereocenters. The average molecular weight is 260 g/mol. The van der Waals surface area contributed by atoms with Crippen LogP contribution in [-0.2, 0) is 4.74 Å². The predicted octanol–water partition coefficient (Wildman–Crippen LogP) is -1.49. The molecule has 1 aromatic heterocycles. The maximum atomic E-state index is 13.8. The molecule has 1 aliphatic heterocycles. The summed E-state index contributed by atoms with van der Waals surface area (Å²) in [5.74, 6) is 0. The molecule has 0 aliphatic carbocycles. The molecule has 1 fully saturated rings. The maximum absolute atomic E-state index is 13.8. The Morgan fingerprint density at radius 3 is 2.72 bits per heavy atom. The molecule has 3 N–H and O–H groups in total. The second-order valence-electron chi connectivity index (χ2n) is 4.18. The van der Waals surface area contributed by atoms with Crippen LogP contribution in [-0.4, -0.2) is 44.2 Å². The number of aliphatic hydroxyl groups is 2. The first-order chi connectivity index (χ1) is 8.41. The number of aromatic amines is 1. The molecule has 2 rings (SSSR count). The zero-order chi connectivity index (χ0) is 13.4. The van der Waals surface area contributed by atoms with Crippen molar-refractivity contribution in [2.75, 3.05) is 0 Å². The molecule has 100 valence electrons. The molecular weight excluding hydrogens is 247 g/mol. The summed E-state index contributed by atoms with van der Waals surface area (Å²) in [5.41, 5.74) is -1.45. The number of nitrogens with zero attached hydrogens (tertiary/aromatic N) is 1. The number of H-pyrrole nitrogens is 1. The summed E-state index contributed by atoms with van der Waals surface area (Å²) in [5, 5.41) is 18.9. The van der Waals surface area contributed by atoms with Crippen molar-refractivity contribution in [2.45, 2.75) is 37.6 Å². The molecule has 1 aromatic rings. The summed E-state index contributed by atoms with van der Waals surface area (Å²) in [6, 6.07) is 1.04. The van der Waals surface area contributed by atoms with Crippen LogP contribution in [0, 0.1) is 0 Å². The fraction of sp³-hybridized carbons (Fsp3) is 0.600. The number of aliphatic hydroxyl groups excluding tert-OH is 2. The van der Waals surface area contributed by atoms with Crippen molar-refractivity contribution in [3.05, 3.63) is 33.1 Å². The van der Waals surface area contributed by atoms with Gasteiger partial charge in [0.1, 0.15) is 12.2 Å². The number of alkyl halides is 1. The van der Waals surface area contributed by atoms with Gasteiger partial charge in [-0.1, -0.05) is 0 Å². The quantitative estimate of drug-likeness (QED) is 0.601. The van der Waals surface area contributed by atoms with Crippen molar-refractivity contribution < 1.29 is 19.3 Å². The van der Waals surface area contributed by atoms with Gasteiger partial charge >= 0.3 is 5.69 Å². The van der Waals surface area contributed by atoms with Gasteiger partial charge in [0.15, 0.2) is 12.4 Å². The van der Waals surface area contributed by atoms with Crippen molar-refractivity contribution in [3.8, 4) is 0 Å². The van der Waals surface area contributed by atoms with E-state index < -0.39 is 42.0 Å². The monoisotopic (exact) mass is 260 g/mol. The summed E-state index contributed by atoms with van der Waals surface area (Å²) in [6.45, 7) is 1.35. The summed E-state index contributed by atoms with van der Waals surface area (Å²) < 4.78 is 19.8. The van der Waals surface area contributed by atoms with Crippen LogP contribution in [0.5, 0.6) is 0 Å². The van der Waals surface area contributed by atoms with Crippen LogP contribution < -0.4 is 11.2 Å². The smallest absolute Gasteiger partial charge is 0.330 e. The predicted molar refractivity (Wildman–Crippen MR) is 57.8 cm³/mol. The van der Waals surface area contributed by atoms with E-state index in [1.54, 1.807) is 0 Å². The normalized spacial score (nSPS) is 33.6. The van der Waals surface area contributed by atoms with Gasteiger partial charge in [0.2, 0.25) is 0 Å². The van der Waals surface area contributed by atoms with Gasteiger partial charge in [-0.05, 0) is 6.92 Å². The molecule has 0 aromatic carbocycles. The summed E-state index contributed by atoms with van der Waals surface area (Å²) in [7, 11) is 0. The number of hydrogen-bond acceptors (Lipinski definition) is 5. The lowest BCUT2D eigenvalue weighted by Gasteiger charge is -2.17. The molecule has 1 saturated heterocycles. The minimum atomic E-state index is -1.87. The van der Waals surface area contributed by atoms with Gasteiger partial charge in [0, 0.05) is 12.3 Å². The number of halogens is 1. The van der Waals surface area contributed by atoms with E-state index in [9.17, 15) is 24.2 Å². The van der Waals surface area contributed by atoms with Crippen LogP contribution in [0.25, 0.3) is 0 Å². The molecule has 8 heteroatoms. The Morgan fingerprint density at radius 2 is 2.22 bits per heavy atom. The van der Waals surface area contributed by atoms with E-state index in [4.69, 9.17) is 4.74 Å². The largest absolute Gasteiger partial charge is 0.391 e. The Labute approximate surface area is 100 Å². The number of ether oxygens (including phenoxy) is 1. The number of aromatic nitrogens is 2. The Morgan fingerprint density at radius 1 is 1.56 bits per heavy atom. The molecule has 18 heavy (non-hydrogen) atoms. The van der Waals surface area contributed by atoms with Gasteiger partial charge in [-0.2, -0.15) is 0 Å². The minimum absolute atomic E-state index is 0.614. The van der Waals surface area contributed by atoms with Crippen LogP contribution in [0.15, 0.2) is 21.9 Å². The van der Waals surface area contributed by atoms with E-state index >= 15 is 0 Å². The van der Waals surface area contributed by atoms with E-state index in [1.165, 1.54) is 6.92 Å². The van der Waals surface area contributed by atoms with Gasteiger partial charge in [0.05, 0.1) is 6.10 Å². The highest BCUT2D eigenvalue weighted by atomic mass is 19.1. The van der Waals surface area contributed by atoms with Crippen LogP contribution in [0.1, 0.15) is 13.2 Å². The number of hydrogen-bond donors (Lipinski definition) is 3. The standard InChI is InChI=1S/C10H13FN2O5/c1-4(14)8-7(16)6(11)9(18-8)13-3-2-5(15)12-10(13)17/h2-4,6-9,14,16H,1H3,(H,12,15,17). The van der Waals surface area contributed by atoms with Crippen LogP contribution >= 0.6 is 0 Å². The van der Waals surface area contributed by atoms with E-state index in [0.717, 1.165) is 16.8 Å². The average Bonchev–Trinajstić information content (AvgIpc) is 2.57. The van der Waals surface area contributed by atoms with Crippen LogP contribution in [0.4, 0.5) is 4.39 Å². The molecule has 7 nitrogen and oxygen atoms in total. The van der Waals surface area contributed by atoms with Crippen molar-refractivity contribution in [2.24, 2.45) is 0 Å². The minimum Gasteiger partial charge on any atom is -0.391 e. The lowest BCUT2D eigenvalue weighted by atomic mass is 10.1. The van der Waals surface area contributed by atoms with Gasteiger partial charge in [0.25, 0.3) is 5.56 Å². The Hall–Kier alpha value is -1.51. The molecular formula is C10H13FN2O5. The molecule has 1 aliphatic rings. The molecule has 0 amide bonds. The van der Waals surface area contributed by atoms with Gasteiger partial charge in [-0.25, -0.2) is 9.18 Å². The summed E-state index contributed by atoms with van der Waals surface area (Å²) in [4.78, 5) is 24.3. The third-order valence-corrected chi connectivity index (χ3v) is 2.83. The Kier molecular flexibility index (Phi) is 3.33. The fourth-order valence-electron chi connectivity index (χ4n) is 1.91. The molecule has 5 unspecified atom stereocenters. The zero-order valence-electron chi connectivity index (χ0n) is 9.49. The Bertz CT molecular complexity index is 540. The van der Waals surface area contributed by atoms with Gasteiger partial charge < -0.3 is 14.9 Å². The number of rotatable bonds is 2. The third-order valence-electron chi connectivity index (χ3n) is 2.83. The first-order valence-corrected chi connectivity index (χ1v) is 5.39. The second kappa shape index (κ2) is 4.63. The van der Waals surface area contributed by atoms with E-state index in [1.807, 2.05) is 4.98 Å². The summed E-state index contributed by atoms with van der Waals surface area (Å²) in [6.07, 6.45) is -5.90. The van der Waals surface area contributed by atoms with E-state index in [0.29, 0.717) is 0 Å². The van der Waals surface area contributed by atoms with E-state index in [-0.39, 0.29) is 0 Å². The highest BCUT2D eigenvalue weighted by Gasteiger charge is 2.47. The first-order valence-electron chi connectivity index (χ1n) is 5.39. The second-order valence-corrected chi connectivity index (χ2v) is 4.18. The third kappa shape index (κ3) is 2.09. The van der Waals surface area contributed by atoms with Crippen molar-refractivity contribution in [3.63, 3.8) is 0 Å². The molecule has 0 bridgehead atoms. The molecule has 0 radical (unpaired) electrons. The van der Waals surface area contributed by atoms with Crippen molar-refractivity contribution in [1.29, 1.82) is 0 Å². The Balaban J connectivity index is 2.35. The lowest BCUT2D eigenvalue weighted by Crippen LogP contribution is -2.36. The van der Waals surface area contributed by atoms with Crippen molar-refractivity contribution in [1.82, 2.24) is 9.55 Å². The molecule has 2 heterocycles. The number of nitrogens with one attached hydrogen (secondary N) is 1. The highest BCUT2D eigenvalue weighted by Crippen LogP contribution is 2.32. The molecule has 0 saturated carbocycles. The topological polar surface area (TPSA) is 105 Å². The zero-order valence-corrected chi connectivity index (χ0v) is 9.49. The highest BCUT2D eigenvalue weighted by molar-refractivity contribution is 4.94. The maximum Gasteiger partial charge on any atom is 0.330 e. The van der Waals surface area contributed by atoms with Gasteiger partial charge in [-0.3, -0.25) is 14.3 Å². The fourth-order valence-corrected chi connectivity index (χ4v) is 1.91.